The number of carbonyl (C=O) groups excluding carboxylic acids is 2. The van der Waals surface area contributed by atoms with E-state index in [1.807, 2.05) is 31.2 Å². The van der Waals surface area contributed by atoms with Crippen molar-refractivity contribution in [3.8, 4) is 0 Å². The van der Waals surface area contributed by atoms with Crippen molar-refractivity contribution in [3.05, 3.63) is 30.1 Å². The van der Waals surface area contributed by atoms with E-state index in [-0.39, 0.29) is 17.2 Å². The van der Waals surface area contributed by atoms with E-state index in [2.05, 4.69) is 15.3 Å². The van der Waals surface area contributed by atoms with E-state index in [4.69, 9.17) is 0 Å². The molecule has 0 spiro atoms. The minimum atomic E-state index is -0.387. The van der Waals surface area contributed by atoms with Gasteiger partial charge in [-0.1, -0.05) is 30.0 Å². The largest absolute Gasteiger partial charge is 0.336 e. The minimum absolute atomic E-state index is 0.194. The number of aromatic nitrogens is 2. The van der Waals surface area contributed by atoms with Crippen molar-refractivity contribution in [1.29, 1.82) is 0 Å². The predicted molar refractivity (Wildman–Crippen MR) is 84.7 cm³/mol. The highest BCUT2D eigenvalue weighted by Gasteiger charge is 2.30. The van der Waals surface area contributed by atoms with E-state index in [0.29, 0.717) is 18.9 Å². The monoisotopic (exact) mass is 316 g/mol. The molecular formula is C15H16N4O2S. The number of benzene rings is 1. The van der Waals surface area contributed by atoms with Crippen LogP contribution in [-0.4, -0.2) is 45.1 Å². The van der Waals surface area contributed by atoms with Crippen molar-refractivity contribution in [3.63, 3.8) is 0 Å². The molecule has 1 aliphatic rings. The topological polar surface area (TPSA) is 75.2 Å². The summed E-state index contributed by atoms with van der Waals surface area (Å²) in [6, 6.07) is 7.39. The van der Waals surface area contributed by atoms with E-state index in [0.717, 1.165) is 15.9 Å². The highest BCUT2D eigenvalue weighted by molar-refractivity contribution is 8.00. The van der Waals surface area contributed by atoms with Crippen molar-refractivity contribution in [1.82, 2.24) is 20.2 Å². The zero-order valence-electron chi connectivity index (χ0n) is 12.4. The molecule has 2 heterocycles. The summed E-state index contributed by atoms with van der Waals surface area (Å²) in [7, 11) is 0. The van der Waals surface area contributed by atoms with E-state index >= 15 is 0 Å². The fourth-order valence-corrected chi connectivity index (χ4v) is 3.41. The molecule has 1 aromatic carbocycles. The molecule has 0 unspecified atom stereocenters. The zero-order valence-corrected chi connectivity index (χ0v) is 13.2. The predicted octanol–water partition coefficient (Wildman–Crippen LogP) is 1.97. The lowest BCUT2D eigenvalue weighted by Crippen LogP contribution is -2.38. The Balaban J connectivity index is 1.86. The molecule has 6 nitrogen and oxygen atoms in total. The Morgan fingerprint density at radius 1 is 1.36 bits per heavy atom. The van der Waals surface area contributed by atoms with E-state index in [1.165, 1.54) is 16.7 Å². The fraction of sp³-hybridized carbons (Fsp3) is 0.333. The number of fused-ring (bicyclic) bond motifs is 1. The maximum atomic E-state index is 12.4. The Kier molecular flexibility index (Phi) is 3.98. The van der Waals surface area contributed by atoms with Crippen molar-refractivity contribution >= 4 is 34.6 Å². The van der Waals surface area contributed by atoms with Gasteiger partial charge in [-0.05, 0) is 19.9 Å². The lowest BCUT2D eigenvalue weighted by atomic mass is 10.2. The molecule has 1 fully saturated rings. The van der Waals surface area contributed by atoms with Crippen LogP contribution in [0, 0.1) is 6.92 Å². The highest BCUT2D eigenvalue weighted by atomic mass is 32.2. The molecule has 0 bridgehead atoms. The Labute approximate surface area is 132 Å². The number of nitrogens with one attached hydrogen (secondary N) is 1. The van der Waals surface area contributed by atoms with Gasteiger partial charge in [-0.25, -0.2) is 14.8 Å². The Morgan fingerprint density at radius 3 is 2.86 bits per heavy atom. The number of hydrogen-bond acceptors (Lipinski definition) is 5. The van der Waals surface area contributed by atoms with Crippen molar-refractivity contribution < 1.29 is 9.59 Å². The van der Waals surface area contributed by atoms with Gasteiger partial charge >= 0.3 is 6.03 Å². The summed E-state index contributed by atoms with van der Waals surface area (Å²) < 4.78 is 0. The maximum Gasteiger partial charge on any atom is 0.324 e. The summed E-state index contributed by atoms with van der Waals surface area (Å²) >= 11 is 1.36. The van der Waals surface area contributed by atoms with Gasteiger partial charge in [-0.2, -0.15) is 0 Å². The first kappa shape index (κ1) is 14.8. The maximum absolute atomic E-state index is 12.4. The van der Waals surface area contributed by atoms with Gasteiger partial charge in [-0.15, -0.1) is 0 Å². The van der Waals surface area contributed by atoms with Crippen molar-refractivity contribution in [2.24, 2.45) is 0 Å². The average Bonchev–Trinajstić information content (AvgIpc) is 2.92. The Morgan fingerprint density at radius 2 is 2.14 bits per heavy atom. The molecule has 3 rings (SSSR count). The molecule has 7 heteroatoms. The standard InChI is InChI=1S/C15H16N4O2S/c1-9(14(20)19-8-7-16-15(19)21)22-13-11-5-3-4-6-12(11)17-10(2)18-13/h3-6,9H,7-8H2,1-2H3,(H,16,21)/t9-/m0/s1. The summed E-state index contributed by atoms with van der Waals surface area (Å²) in [5.74, 6) is 0.472. The average molecular weight is 316 g/mol. The van der Waals surface area contributed by atoms with Gasteiger partial charge in [0.05, 0.1) is 10.8 Å². The van der Waals surface area contributed by atoms with Crippen LogP contribution in [0.2, 0.25) is 0 Å². The number of hydrogen-bond donors (Lipinski definition) is 1. The second kappa shape index (κ2) is 5.92. The molecule has 1 N–H and O–H groups in total. The van der Waals surface area contributed by atoms with Crippen LogP contribution in [-0.2, 0) is 4.79 Å². The van der Waals surface area contributed by atoms with Gasteiger partial charge in [0.2, 0.25) is 5.91 Å². The highest BCUT2D eigenvalue weighted by Crippen LogP contribution is 2.29. The van der Waals surface area contributed by atoms with Crippen molar-refractivity contribution in [2.75, 3.05) is 13.1 Å². The molecule has 114 valence electrons. The number of amides is 3. The molecular weight excluding hydrogens is 300 g/mol. The number of imide groups is 1. The number of aryl methyl sites for hydroxylation is 1. The third kappa shape index (κ3) is 2.76. The summed E-state index contributed by atoms with van der Waals surface area (Å²) in [5, 5.41) is 3.94. The van der Waals surface area contributed by atoms with E-state index in [1.54, 1.807) is 6.92 Å². The van der Waals surface area contributed by atoms with Gasteiger partial charge in [0.1, 0.15) is 10.9 Å². The van der Waals surface area contributed by atoms with Crippen LogP contribution in [0.4, 0.5) is 4.79 Å². The fourth-order valence-electron chi connectivity index (χ4n) is 2.37. The summed E-state index contributed by atoms with van der Waals surface area (Å²) in [5.41, 5.74) is 0.857. The number of para-hydroxylation sites is 1. The van der Waals surface area contributed by atoms with Crippen LogP contribution in [0.25, 0.3) is 10.9 Å². The SMILES string of the molecule is Cc1nc(S[C@@H](C)C(=O)N2CCNC2=O)c2ccccc2n1. The summed E-state index contributed by atoms with van der Waals surface area (Å²) in [6.07, 6.45) is 0. The van der Waals surface area contributed by atoms with Crippen LogP contribution in [0.5, 0.6) is 0 Å². The van der Waals surface area contributed by atoms with Gasteiger partial charge in [0.15, 0.2) is 0 Å². The summed E-state index contributed by atoms with van der Waals surface area (Å²) in [6.45, 7) is 4.56. The second-order valence-corrected chi connectivity index (χ2v) is 6.40. The van der Waals surface area contributed by atoms with Crippen LogP contribution in [0.15, 0.2) is 29.3 Å². The number of urea groups is 1. The van der Waals surface area contributed by atoms with Gasteiger partial charge < -0.3 is 5.32 Å². The molecule has 1 atom stereocenters. The van der Waals surface area contributed by atoms with E-state index in [9.17, 15) is 9.59 Å². The molecule has 3 amide bonds. The quantitative estimate of drug-likeness (QED) is 0.692. The lowest BCUT2D eigenvalue weighted by Gasteiger charge is -2.17. The minimum Gasteiger partial charge on any atom is -0.336 e. The smallest absolute Gasteiger partial charge is 0.324 e. The summed E-state index contributed by atoms with van der Waals surface area (Å²) in [4.78, 5) is 34.1. The third-order valence-electron chi connectivity index (χ3n) is 3.44. The van der Waals surface area contributed by atoms with Crippen molar-refractivity contribution in [2.45, 2.75) is 24.1 Å². The zero-order chi connectivity index (χ0) is 15.7. The number of carbonyl (C=O) groups is 2. The molecule has 0 aliphatic carbocycles. The Bertz CT molecular complexity index is 749. The van der Waals surface area contributed by atoms with Crippen LogP contribution in [0.1, 0.15) is 12.7 Å². The number of nitrogens with zero attached hydrogens (tertiary/aromatic N) is 3. The first-order chi connectivity index (χ1) is 10.6. The van der Waals surface area contributed by atoms with E-state index < -0.39 is 0 Å². The number of rotatable bonds is 3. The molecule has 1 aromatic heterocycles. The second-order valence-electron chi connectivity index (χ2n) is 5.08. The number of thioether (sulfide) groups is 1. The molecule has 1 saturated heterocycles. The first-order valence-electron chi connectivity index (χ1n) is 7.05. The Hall–Kier alpha value is -2.15. The first-order valence-corrected chi connectivity index (χ1v) is 7.93. The van der Waals surface area contributed by atoms with Gasteiger partial charge in [0.25, 0.3) is 0 Å². The molecule has 0 radical (unpaired) electrons. The molecule has 1 aliphatic heterocycles. The van der Waals surface area contributed by atoms with Crippen LogP contribution in [0.3, 0.4) is 0 Å². The lowest BCUT2D eigenvalue weighted by molar-refractivity contribution is -0.126. The molecule has 2 aromatic rings. The van der Waals surface area contributed by atoms with Gasteiger partial charge in [-0.3, -0.25) is 9.69 Å². The van der Waals surface area contributed by atoms with Crippen LogP contribution < -0.4 is 5.32 Å². The van der Waals surface area contributed by atoms with Crippen LogP contribution >= 0.6 is 11.8 Å². The normalized spacial score (nSPS) is 15.9. The third-order valence-corrected chi connectivity index (χ3v) is 4.53. The molecule has 0 saturated carbocycles. The molecule has 22 heavy (non-hydrogen) atoms. The van der Waals surface area contributed by atoms with Gasteiger partial charge in [0, 0.05) is 18.5 Å².